The van der Waals surface area contributed by atoms with Crippen LogP contribution in [0.5, 0.6) is 11.5 Å². The van der Waals surface area contributed by atoms with Gasteiger partial charge in [-0.1, -0.05) is 170 Å². The van der Waals surface area contributed by atoms with Crippen molar-refractivity contribution in [3.8, 4) is 67.1 Å². The van der Waals surface area contributed by atoms with Crippen molar-refractivity contribution in [2.75, 3.05) is 14.2 Å². The van der Waals surface area contributed by atoms with Gasteiger partial charge in [0.1, 0.15) is 11.5 Å². The molecular formula is C58H40O2. The molecule has 0 bridgehead atoms. The Morgan fingerprint density at radius 2 is 0.617 bits per heavy atom. The third-order valence-electron chi connectivity index (χ3n) is 12.3. The summed E-state index contributed by atoms with van der Waals surface area (Å²) in [5.41, 5.74) is 12.0. The lowest BCUT2D eigenvalue weighted by Crippen LogP contribution is -1.93. The summed E-state index contributed by atoms with van der Waals surface area (Å²) in [5.74, 6) is 1.68. The highest BCUT2D eigenvalue weighted by atomic mass is 16.5. The van der Waals surface area contributed by atoms with Crippen molar-refractivity contribution in [3.05, 3.63) is 206 Å². The Hall–Kier alpha value is -7.68. The first-order valence-electron chi connectivity index (χ1n) is 20.5. The minimum Gasteiger partial charge on any atom is -0.497 e. The van der Waals surface area contributed by atoms with Gasteiger partial charge in [0, 0.05) is 0 Å². The Labute approximate surface area is 349 Å². The van der Waals surface area contributed by atoms with E-state index in [1.807, 2.05) is 0 Å². The largest absolute Gasteiger partial charge is 0.497 e. The van der Waals surface area contributed by atoms with E-state index in [-0.39, 0.29) is 0 Å². The van der Waals surface area contributed by atoms with Gasteiger partial charge in [0.15, 0.2) is 0 Å². The lowest BCUT2D eigenvalue weighted by Gasteiger charge is -2.20. The van der Waals surface area contributed by atoms with Crippen LogP contribution in [-0.2, 0) is 0 Å². The van der Waals surface area contributed by atoms with Gasteiger partial charge >= 0.3 is 0 Å². The maximum absolute atomic E-state index is 5.62. The van der Waals surface area contributed by atoms with Gasteiger partial charge in [-0.3, -0.25) is 0 Å². The number of methoxy groups -OCH3 is 2. The molecular weight excluding hydrogens is 729 g/mol. The Morgan fingerprint density at radius 3 is 1.13 bits per heavy atom. The molecule has 0 aliphatic heterocycles. The number of fused-ring (bicyclic) bond motifs is 5. The number of hydrogen-bond donors (Lipinski definition) is 0. The van der Waals surface area contributed by atoms with Gasteiger partial charge in [-0.25, -0.2) is 0 Å². The zero-order chi connectivity index (χ0) is 40.2. The van der Waals surface area contributed by atoms with Crippen LogP contribution in [0.15, 0.2) is 206 Å². The van der Waals surface area contributed by atoms with E-state index in [0.29, 0.717) is 0 Å². The van der Waals surface area contributed by atoms with E-state index < -0.39 is 0 Å². The second-order valence-corrected chi connectivity index (χ2v) is 15.5. The highest BCUT2D eigenvalue weighted by Crippen LogP contribution is 2.48. The summed E-state index contributed by atoms with van der Waals surface area (Å²) in [5, 5.41) is 12.2. The van der Waals surface area contributed by atoms with Crippen LogP contribution in [0.1, 0.15) is 0 Å². The van der Waals surface area contributed by atoms with E-state index in [0.717, 1.165) is 33.8 Å². The van der Waals surface area contributed by atoms with Crippen molar-refractivity contribution < 1.29 is 9.47 Å². The molecule has 284 valence electrons. The fourth-order valence-electron chi connectivity index (χ4n) is 9.50. The summed E-state index contributed by atoms with van der Waals surface area (Å²) in [6.07, 6.45) is 0. The predicted molar refractivity (Wildman–Crippen MR) is 254 cm³/mol. The van der Waals surface area contributed by atoms with Crippen molar-refractivity contribution >= 4 is 53.9 Å². The molecule has 60 heavy (non-hydrogen) atoms. The molecule has 0 N–H and O–H groups in total. The highest BCUT2D eigenvalue weighted by molar-refractivity contribution is 6.25. The summed E-state index contributed by atoms with van der Waals surface area (Å²) >= 11 is 0. The lowest BCUT2D eigenvalue weighted by atomic mass is 9.83. The minimum absolute atomic E-state index is 0.839. The zero-order valence-corrected chi connectivity index (χ0v) is 33.4. The van der Waals surface area contributed by atoms with Crippen LogP contribution >= 0.6 is 0 Å². The quantitative estimate of drug-likeness (QED) is 0.150. The van der Waals surface area contributed by atoms with E-state index in [1.54, 1.807) is 14.2 Å². The lowest BCUT2D eigenvalue weighted by molar-refractivity contribution is 0.415. The summed E-state index contributed by atoms with van der Waals surface area (Å²) < 4.78 is 11.2. The standard InChI is InChI=1S/C58H40O2/c1-59-43-29-23-39(24-30-43)56-48-19-9-8-18-47(48)55(38-14-4-3-5-15-38)51-33-27-41(35-53(51)56)42-28-34-52-54(36-42)57(40-25-31-44(60-2)32-26-40)49-20-10-11-21-50(49)58(52)46-22-12-16-37-13-6-7-17-45(37)46/h3-36H,1-2H3. The first-order chi connectivity index (χ1) is 29.7. The first-order valence-corrected chi connectivity index (χ1v) is 20.5. The van der Waals surface area contributed by atoms with E-state index in [9.17, 15) is 0 Å². The molecule has 0 radical (unpaired) electrons. The molecule has 0 heterocycles. The Morgan fingerprint density at radius 1 is 0.250 bits per heavy atom. The molecule has 0 aromatic heterocycles. The smallest absolute Gasteiger partial charge is 0.118 e. The molecule has 0 fully saturated rings. The highest BCUT2D eigenvalue weighted by Gasteiger charge is 2.21. The Kier molecular flexibility index (Phi) is 8.64. The van der Waals surface area contributed by atoms with Gasteiger partial charge in [0.2, 0.25) is 0 Å². The molecule has 2 heteroatoms. The summed E-state index contributed by atoms with van der Waals surface area (Å²) in [6.45, 7) is 0. The summed E-state index contributed by atoms with van der Waals surface area (Å²) in [6, 6.07) is 75.1. The molecule has 0 saturated heterocycles. The van der Waals surface area contributed by atoms with Gasteiger partial charge < -0.3 is 9.47 Å². The maximum Gasteiger partial charge on any atom is 0.118 e. The van der Waals surface area contributed by atoms with Crippen LogP contribution < -0.4 is 9.47 Å². The molecule has 0 saturated carbocycles. The molecule has 11 aromatic carbocycles. The van der Waals surface area contributed by atoms with Gasteiger partial charge in [0.05, 0.1) is 14.2 Å². The van der Waals surface area contributed by atoms with Gasteiger partial charge in [0.25, 0.3) is 0 Å². The fourth-order valence-corrected chi connectivity index (χ4v) is 9.50. The van der Waals surface area contributed by atoms with Crippen LogP contribution in [0.2, 0.25) is 0 Å². The molecule has 0 aliphatic carbocycles. The third-order valence-corrected chi connectivity index (χ3v) is 12.3. The average Bonchev–Trinajstić information content (AvgIpc) is 3.32. The van der Waals surface area contributed by atoms with E-state index >= 15 is 0 Å². The van der Waals surface area contributed by atoms with Crippen LogP contribution in [0.4, 0.5) is 0 Å². The van der Waals surface area contributed by atoms with Crippen molar-refractivity contribution in [2.24, 2.45) is 0 Å². The molecule has 0 amide bonds. The van der Waals surface area contributed by atoms with Gasteiger partial charge in [-0.05, 0) is 146 Å². The van der Waals surface area contributed by atoms with Crippen molar-refractivity contribution in [3.63, 3.8) is 0 Å². The second-order valence-electron chi connectivity index (χ2n) is 15.5. The van der Waals surface area contributed by atoms with Gasteiger partial charge in [-0.15, -0.1) is 0 Å². The minimum atomic E-state index is 0.839. The van der Waals surface area contributed by atoms with Crippen molar-refractivity contribution in [2.45, 2.75) is 0 Å². The number of rotatable bonds is 7. The van der Waals surface area contributed by atoms with E-state index in [2.05, 4.69) is 206 Å². The van der Waals surface area contributed by atoms with E-state index in [1.165, 1.54) is 87.2 Å². The molecule has 0 atom stereocenters. The molecule has 0 aliphatic rings. The fraction of sp³-hybridized carbons (Fsp3) is 0.0345. The summed E-state index contributed by atoms with van der Waals surface area (Å²) in [4.78, 5) is 0. The first kappa shape index (κ1) is 35.5. The topological polar surface area (TPSA) is 18.5 Å². The number of benzene rings is 11. The van der Waals surface area contributed by atoms with Gasteiger partial charge in [-0.2, -0.15) is 0 Å². The average molecular weight is 769 g/mol. The van der Waals surface area contributed by atoms with Crippen LogP contribution in [-0.4, -0.2) is 14.2 Å². The van der Waals surface area contributed by atoms with Crippen molar-refractivity contribution in [1.82, 2.24) is 0 Å². The Bertz CT molecular complexity index is 3410. The molecule has 0 spiro atoms. The van der Waals surface area contributed by atoms with Crippen LogP contribution in [0, 0.1) is 0 Å². The SMILES string of the molecule is COc1ccc(-c2c3ccccc3c(-c3ccccc3)c3ccc(-c4ccc5c(-c6cccc7ccccc67)c6ccccc6c(-c6ccc(OC)cc6)c5c4)cc23)cc1. The molecule has 0 unspecified atom stereocenters. The molecule has 11 aromatic rings. The molecule has 2 nitrogen and oxygen atoms in total. The Balaban J connectivity index is 1.23. The maximum atomic E-state index is 5.62. The zero-order valence-electron chi connectivity index (χ0n) is 33.4. The number of hydrogen-bond acceptors (Lipinski definition) is 2. The second kappa shape index (κ2) is 14.6. The predicted octanol–water partition coefficient (Wildman–Crippen LogP) is 15.8. The summed E-state index contributed by atoms with van der Waals surface area (Å²) in [7, 11) is 3.44. The van der Waals surface area contributed by atoms with Crippen LogP contribution in [0.25, 0.3) is 109 Å². The molecule has 11 rings (SSSR count). The number of ether oxygens (including phenoxy) is 2. The normalized spacial score (nSPS) is 11.5. The third kappa shape index (κ3) is 5.80. The monoisotopic (exact) mass is 768 g/mol. The van der Waals surface area contributed by atoms with Crippen LogP contribution in [0.3, 0.4) is 0 Å². The van der Waals surface area contributed by atoms with E-state index in [4.69, 9.17) is 9.47 Å². The van der Waals surface area contributed by atoms with Crippen molar-refractivity contribution in [1.29, 1.82) is 0 Å².